The van der Waals surface area contributed by atoms with Crippen molar-refractivity contribution in [3.05, 3.63) is 11.1 Å². The maximum atomic E-state index is 12.8. The largest absolute Gasteiger partial charge is 1.00 e. The average molecular weight is 517 g/mol. The summed E-state index contributed by atoms with van der Waals surface area (Å²) in [5.74, 6) is -4.46. The van der Waals surface area contributed by atoms with Crippen molar-refractivity contribution in [3.63, 3.8) is 0 Å². The molecular formula is C15H20N5NaO10S2. The van der Waals surface area contributed by atoms with Crippen molar-refractivity contribution in [1.29, 1.82) is 0 Å². The number of hydrogen-bond donors (Lipinski definition) is 3. The number of carbonyl (C=O) groups is 4. The van der Waals surface area contributed by atoms with Crippen LogP contribution in [0.2, 0.25) is 0 Å². The van der Waals surface area contributed by atoms with Crippen LogP contribution < -0.4 is 40.6 Å². The van der Waals surface area contributed by atoms with E-state index in [-0.39, 0.29) is 46.1 Å². The number of ether oxygens (including phenoxy) is 2. The van der Waals surface area contributed by atoms with E-state index in [1.54, 1.807) is 0 Å². The molecule has 1 saturated heterocycles. The molecule has 2 unspecified atom stereocenters. The van der Waals surface area contributed by atoms with E-state index in [9.17, 15) is 27.6 Å². The number of nitrogen functional groups attached to an aromatic ring is 1. The Hall–Kier alpha value is -2.31. The molecule has 1 fully saturated rings. The van der Waals surface area contributed by atoms with Gasteiger partial charge in [0, 0.05) is 5.38 Å². The van der Waals surface area contributed by atoms with Crippen LogP contribution >= 0.6 is 11.3 Å². The Labute approximate surface area is 215 Å². The van der Waals surface area contributed by atoms with Crippen molar-refractivity contribution >= 4 is 56.2 Å². The van der Waals surface area contributed by atoms with Gasteiger partial charge in [0.05, 0.1) is 14.2 Å². The molecule has 2 heterocycles. The normalized spacial score (nSPS) is 18.5. The maximum Gasteiger partial charge on any atom is 1.00 e. The summed E-state index contributed by atoms with van der Waals surface area (Å²) in [6, 6.07) is -3.58. The molecule has 1 aromatic heterocycles. The molecule has 1 aliphatic heterocycles. The van der Waals surface area contributed by atoms with E-state index in [0.29, 0.717) is 0 Å². The monoisotopic (exact) mass is 517 g/mol. The first-order valence-electron chi connectivity index (χ1n) is 8.50. The zero-order valence-electron chi connectivity index (χ0n) is 19.1. The number of amides is 2. The number of nitrogens with zero attached hydrogens (tertiary/aromatic N) is 3. The number of esters is 2. The third-order valence-electron chi connectivity index (χ3n) is 4.05. The molecule has 15 nitrogen and oxygen atoms in total. The first-order valence-corrected chi connectivity index (χ1v) is 10.8. The van der Waals surface area contributed by atoms with Gasteiger partial charge in [-0.1, -0.05) is 5.16 Å². The van der Waals surface area contributed by atoms with Crippen LogP contribution in [0.25, 0.3) is 0 Å². The van der Waals surface area contributed by atoms with Gasteiger partial charge < -0.3 is 26.8 Å². The second-order valence-corrected chi connectivity index (χ2v) is 8.81. The number of hydrogen-bond acceptors (Lipinski definition) is 13. The molecule has 33 heavy (non-hydrogen) atoms. The molecule has 0 aromatic carbocycles. The topological polar surface area (TPSA) is 217 Å². The average Bonchev–Trinajstić information content (AvgIpc) is 3.13. The summed E-state index contributed by atoms with van der Waals surface area (Å²) in [7, 11) is -3.07. The van der Waals surface area contributed by atoms with Crippen molar-refractivity contribution in [2.45, 2.75) is 31.5 Å². The predicted molar refractivity (Wildman–Crippen MR) is 107 cm³/mol. The number of β-lactam (4-membered cyclic amide) rings is 1. The Morgan fingerprint density at radius 3 is 2.39 bits per heavy atom. The van der Waals surface area contributed by atoms with Gasteiger partial charge in [0.15, 0.2) is 16.9 Å². The number of nitrogens with one attached hydrogen (secondary N) is 1. The summed E-state index contributed by atoms with van der Waals surface area (Å²) >= 11 is 0.943. The van der Waals surface area contributed by atoms with Crippen LogP contribution in [0.3, 0.4) is 0 Å². The molecule has 0 radical (unpaired) electrons. The summed E-state index contributed by atoms with van der Waals surface area (Å²) in [6.45, 7) is 2.61. The number of thiazole rings is 1. The first kappa shape index (κ1) is 28.7. The van der Waals surface area contributed by atoms with Gasteiger partial charge in [0.25, 0.3) is 11.8 Å². The summed E-state index contributed by atoms with van der Waals surface area (Å²) in [4.78, 5) is 57.7. The molecule has 1 aliphatic rings. The number of anilines is 1. The number of oxime groups is 1. The SMILES string of the molecule is COC(=O)C1C(NC(=O)/C(=N\OC(C)(C)C(=O)OC)c2csc(N)n2)C(=O)N1S(=O)(=O)O.[H-].[Na+]. The molecule has 2 atom stereocenters. The third-order valence-corrected chi connectivity index (χ3v) is 5.63. The van der Waals surface area contributed by atoms with Crippen LogP contribution in [-0.2, 0) is 43.8 Å². The Morgan fingerprint density at radius 1 is 1.33 bits per heavy atom. The zero-order valence-corrected chi connectivity index (χ0v) is 21.7. The minimum atomic E-state index is -5.10. The molecule has 2 amide bonds. The van der Waals surface area contributed by atoms with Crippen LogP contribution in [0.15, 0.2) is 10.5 Å². The summed E-state index contributed by atoms with van der Waals surface area (Å²) < 4.78 is 40.8. The fraction of sp³-hybridized carbons (Fsp3) is 0.467. The molecular weight excluding hydrogens is 497 g/mol. The zero-order chi connectivity index (χ0) is 24.4. The van der Waals surface area contributed by atoms with Crippen molar-refractivity contribution in [2.24, 2.45) is 5.16 Å². The summed E-state index contributed by atoms with van der Waals surface area (Å²) in [6.07, 6.45) is 0. The van der Waals surface area contributed by atoms with Gasteiger partial charge in [-0.3, -0.25) is 14.1 Å². The number of aromatic nitrogens is 1. The molecule has 0 saturated carbocycles. The molecule has 18 heteroatoms. The molecule has 0 bridgehead atoms. The van der Waals surface area contributed by atoms with E-state index < -0.39 is 57.5 Å². The van der Waals surface area contributed by atoms with Crippen LogP contribution in [0.1, 0.15) is 21.0 Å². The molecule has 0 spiro atoms. The molecule has 178 valence electrons. The van der Waals surface area contributed by atoms with Crippen molar-refractivity contribution in [1.82, 2.24) is 14.6 Å². The van der Waals surface area contributed by atoms with E-state index in [4.69, 9.17) is 15.1 Å². The van der Waals surface area contributed by atoms with Crippen LogP contribution in [0, 0.1) is 0 Å². The van der Waals surface area contributed by atoms with Gasteiger partial charge in [-0.25, -0.2) is 14.6 Å². The fourth-order valence-electron chi connectivity index (χ4n) is 2.47. The maximum absolute atomic E-state index is 12.8. The molecule has 1 aromatic rings. The number of carbonyl (C=O) groups excluding carboxylic acids is 4. The number of nitrogens with two attached hydrogens (primary N) is 1. The van der Waals surface area contributed by atoms with Crippen LogP contribution in [0.4, 0.5) is 5.13 Å². The van der Waals surface area contributed by atoms with Crippen molar-refractivity contribution in [3.8, 4) is 0 Å². The Balaban J connectivity index is 0.00000544. The summed E-state index contributed by atoms with van der Waals surface area (Å²) in [5, 5.41) is 7.12. The van der Waals surface area contributed by atoms with Crippen molar-refractivity contribution < 1.29 is 77.4 Å². The third kappa shape index (κ3) is 6.18. The Kier molecular flexibility index (Phi) is 9.35. The minimum absolute atomic E-state index is 0. The van der Waals surface area contributed by atoms with E-state index in [2.05, 4.69) is 24.9 Å². The van der Waals surface area contributed by atoms with Crippen LogP contribution in [0.5, 0.6) is 0 Å². The second kappa shape index (κ2) is 10.7. The minimum Gasteiger partial charge on any atom is -1.00 e. The van der Waals surface area contributed by atoms with Gasteiger partial charge in [0.1, 0.15) is 11.7 Å². The van der Waals surface area contributed by atoms with E-state index >= 15 is 0 Å². The second-order valence-electron chi connectivity index (χ2n) is 6.64. The predicted octanol–water partition coefficient (Wildman–Crippen LogP) is -4.81. The smallest absolute Gasteiger partial charge is 1.00 e. The molecule has 4 N–H and O–H groups in total. The number of rotatable bonds is 8. The van der Waals surface area contributed by atoms with E-state index in [1.807, 2.05) is 0 Å². The van der Waals surface area contributed by atoms with Crippen molar-refractivity contribution in [2.75, 3.05) is 20.0 Å². The van der Waals surface area contributed by atoms with Gasteiger partial charge in [-0.05, 0) is 13.8 Å². The summed E-state index contributed by atoms with van der Waals surface area (Å²) in [5.41, 5.74) is 3.30. The van der Waals surface area contributed by atoms with Gasteiger partial charge >= 0.3 is 51.8 Å². The standard InChI is InChI=1S/C15H19N5O10S2.Na.H/c1-15(2,13(24)29-4)30-19-7(6-5-31-14(16)17-6)10(21)18-8-9(12(23)28-3)20(11(8)22)32(25,26)27;;/h5,8-9H,1-4H3,(H2,16,17)(H,18,21)(H,25,26,27);;/q;+1;-1/b19-7-;;. The number of methoxy groups -OCH3 is 2. The van der Waals surface area contributed by atoms with Gasteiger partial charge in [-0.15, -0.1) is 11.3 Å². The van der Waals surface area contributed by atoms with Crippen LogP contribution in [-0.4, -0.2) is 83.6 Å². The van der Waals surface area contributed by atoms with E-state index in [0.717, 1.165) is 25.6 Å². The van der Waals surface area contributed by atoms with E-state index in [1.165, 1.54) is 19.2 Å². The molecule has 0 aliphatic carbocycles. The quantitative estimate of drug-likeness (QED) is 0.0739. The Morgan fingerprint density at radius 2 is 1.94 bits per heavy atom. The van der Waals surface area contributed by atoms with Gasteiger partial charge in [-0.2, -0.15) is 12.7 Å². The first-order chi connectivity index (χ1) is 14.7. The Bertz CT molecular complexity index is 1090. The van der Waals surface area contributed by atoms with Gasteiger partial charge in [0.2, 0.25) is 5.60 Å². The molecule has 2 rings (SSSR count). The fourth-order valence-corrected chi connectivity index (χ4v) is 3.85.